The van der Waals surface area contributed by atoms with E-state index in [4.69, 9.17) is 17.7 Å². The van der Waals surface area contributed by atoms with Gasteiger partial charge in [0.1, 0.15) is 0 Å². The maximum absolute atomic E-state index is 11.1. The molecule has 2 aliphatic carbocycles. The quantitative estimate of drug-likeness (QED) is 0.444. The van der Waals surface area contributed by atoms with Crippen LogP contribution in [0.25, 0.3) is 0 Å². The lowest BCUT2D eigenvalue weighted by atomic mass is 9.66. The van der Waals surface area contributed by atoms with Gasteiger partial charge in [0.05, 0.1) is 22.9 Å². The highest BCUT2D eigenvalue weighted by Crippen LogP contribution is 2.52. The highest BCUT2D eigenvalue weighted by atomic mass is 28.4. The van der Waals surface area contributed by atoms with E-state index in [1.807, 2.05) is 20.8 Å². The SMILES string of the molecule is CCO[Si]1(OC2CC3C=CC2C3)OC(C)(CC)C(C)C(C)(C(C)C(C)(O)CC)O1. The molecule has 0 amide bonds. The van der Waals surface area contributed by atoms with Crippen LogP contribution in [0.15, 0.2) is 12.2 Å². The lowest BCUT2D eigenvalue weighted by Gasteiger charge is -2.59. The van der Waals surface area contributed by atoms with E-state index in [1.54, 1.807) is 0 Å². The summed E-state index contributed by atoms with van der Waals surface area (Å²) in [4.78, 5) is 0. The van der Waals surface area contributed by atoms with Gasteiger partial charge in [-0.05, 0) is 59.3 Å². The number of fused-ring (bicyclic) bond motifs is 2. The highest BCUT2D eigenvalue weighted by Gasteiger charge is 2.67. The smallest absolute Gasteiger partial charge is 0.390 e. The van der Waals surface area contributed by atoms with Crippen LogP contribution in [0.3, 0.4) is 0 Å². The minimum atomic E-state index is -3.42. The molecule has 3 rings (SSSR count). The monoisotopic (exact) mass is 426 g/mol. The van der Waals surface area contributed by atoms with Crippen LogP contribution in [0.5, 0.6) is 0 Å². The lowest BCUT2D eigenvalue weighted by molar-refractivity contribution is -0.254. The number of allylic oxidation sites excluding steroid dienone is 1. The van der Waals surface area contributed by atoms with Crippen LogP contribution in [0.4, 0.5) is 0 Å². The fourth-order valence-electron chi connectivity index (χ4n) is 5.49. The molecule has 0 spiro atoms. The second kappa shape index (κ2) is 8.03. The molecule has 0 aromatic rings. The van der Waals surface area contributed by atoms with Crippen molar-refractivity contribution in [2.45, 2.75) is 104 Å². The molecule has 1 saturated carbocycles. The van der Waals surface area contributed by atoms with Gasteiger partial charge in [0, 0.05) is 24.4 Å². The van der Waals surface area contributed by atoms with Crippen molar-refractivity contribution in [2.75, 3.05) is 6.61 Å². The zero-order valence-electron chi connectivity index (χ0n) is 19.7. The first-order chi connectivity index (χ1) is 13.5. The van der Waals surface area contributed by atoms with Gasteiger partial charge >= 0.3 is 9.05 Å². The Bertz CT molecular complexity index is 618. The first-order valence-corrected chi connectivity index (χ1v) is 13.2. The average Bonchev–Trinajstić information content (AvgIpc) is 3.28. The lowest BCUT2D eigenvalue weighted by Crippen LogP contribution is -2.72. The van der Waals surface area contributed by atoms with Gasteiger partial charge in [-0.25, -0.2) is 0 Å². The predicted molar refractivity (Wildman–Crippen MR) is 116 cm³/mol. The van der Waals surface area contributed by atoms with Gasteiger partial charge in [-0.3, -0.25) is 0 Å². The molecule has 1 N–H and O–H groups in total. The van der Waals surface area contributed by atoms with Crippen molar-refractivity contribution in [3.8, 4) is 0 Å². The summed E-state index contributed by atoms with van der Waals surface area (Å²) in [6, 6.07) is 0. The largest absolute Gasteiger partial charge is 0.680 e. The second-order valence-corrected chi connectivity index (χ2v) is 12.0. The van der Waals surface area contributed by atoms with Crippen molar-refractivity contribution in [1.82, 2.24) is 0 Å². The Kier molecular flexibility index (Phi) is 6.48. The van der Waals surface area contributed by atoms with E-state index < -0.39 is 25.9 Å². The summed E-state index contributed by atoms with van der Waals surface area (Å²) in [7, 11) is -3.42. The molecule has 0 aromatic heterocycles. The van der Waals surface area contributed by atoms with Crippen LogP contribution in [0, 0.1) is 23.7 Å². The van der Waals surface area contributed by atoms with Crippen molar-refractivity contribution in [3.05, 3.63) is 12.2 Å². The van der Waals surface area contributed by atoms with E-state index in [-0.39, 0.29) is 17.9 Å². The van der Waals surface area contributed by atoms with Gasteiger partial charge in [-0.1, -0.05) is 39.8 Å². The van der Waals surface area contributed by atoms with E-state index in [9.17, 15) is 5.11 Å². The summed E-state index contributed by atoms with van der Waals surface area (Å²) in [6.45, 7) is 17.1. The Balaban J connectivity index is 1.98. The van der Waals surface area contributed by atoms with Crippen LogP contribution >= 0.6 is 0 Å². The van der Waals surface area contributed by atoms with Gasteiger partial charge in [-0.15, -0.1) is 0 Å². The van der Waals surface area contributed by atoms with Crippen LogP contribution in [-0.4, -0.2) is 43.7 Å². The summed E-state index contributed by atoms with van der Waals surface area (Å²) in [5.41, 5.74) is -1.92. The third-order valence-electron chi connectivity index (χ3n) is 8.52. The predicted octanol–water partition coefficient (Wildman–Crippen LogP) is 4.85. The fraction of sp³-hybridized carbons (Fsp3) is 0.913. The van der Waals surface area contributed by atoms with E-state index >= 15 is 0 Å². The Labute approximate surface area is 178 Å². The fourth-order valence-corrected chi connectivity index (χ4v) is 8.60. The first kappa shape index (κ1) is 23.4. The van der Waals surface area contributed by atoms with E-state index in [1.165, 1.54) is 0 Å². The van der Waals surface area contributed by atoms with E-state index in [0.29, 0.717) is 24.9 Å². The molecule has 168 valence electrons. The van der Waals surface area contributed by atoms with Gasteiger partial charge in [0.15, 0.2) is 0 Å². The summed E-state index contributed by atoms with van der Waals surface area (Å²) in [5, 5.41) is 11.1. The molecule has 9 unspecified atom stereocenters. The minimum Gasteiger partial charge on any atom is -0.390 e. The molecule has 3 aliphatic rings. The van der Waals surface area contributed by atoms with Crippen molar-refractivity contribution in [1.29, 1.82) is 0 Å². The molecule has 1 heterocycles. The molecule has 1 aliphatic heterocycles. The van der Waals surface area contributed by atoms with Crippen molar-refractivity contribution in [2.24, 2.45) is 23.7 Å². The number of aliphatic hydroxyl groups is 1. The van der Waals surface area contributed by atoms with Crippen LogP contribution in [-0.2, 0) is 17.7 Å². The summed E-state index contributed by atoms with van der Waals surface area (Å²) in [6.07, 6.45) is 8.32. The summed E-state index contributed by atoms with van der Waals surface area (Å²) in [5.74, 6) is 0.980. The Morgan fingerprint density at radius 3 is 2.38 bits per heavy atom. The molecule has 1 saturated heterocycles. The van der Waals surface area contributed by atoms with E-state index in [2.05, 4.69) is 46.8 Å². The molecule has 0 radical (unpaired) electrons. The Morgan fingerprint density at radius 2 is 1.90 bits per heavy atom. The minimum absolute atomic E-state index is 0.0673. The van der Waals surface area contributed by atoms with Crippen LogP contribution in [0.2, 0.25) is 0 Å². The highest BCUT2D eigenvalue weighted by molar-refractivity contribution is 6.54. The molecule has 2 bridgehead atoms. The number of rotatable bonds is 8. The molecule has 6 heteroatoms. The zero-order chi connectivity index (χ0) is 21.7. The van der Waals surface area contributed by atoms with Gasteiger partial charge in [-0.2, -0.15) is 0 Å². The van der Waals surface area contributed by atoms with Gasteiger partial charge in [0.25, 0.3) is 0 Å². The third kappa shape index (κ3) is 4.01. The normalized spacial score (nSPS) is 47.3. The summed E-state index contributed by atoms with van der Waals surface area (Å²) >= 11 is 0. The molecule has 9 atom stereocenters. The maximum atomic E-state index is 11.1. The number of hydrogen-bond acceptors (Lipinski definition) is 5. The molecule has 2 fully saturated rings. The average molecular weight is 427 g/mol. The Morgan fingerprint density at radius 1 is 1.21 bits per heavy atom. The second-order valence-electron chi connectivity index (χ2n) is 10.1. The van der Waals surface area contributed by atoms with Crippen LogP contribution < -0.4 is 0 Å². The molecule has 0 aromatic carbocycles. The van der Waals surface area contributed by atoms with Crippen molar-refractivity contribution < 1.29 is 22.8 Å². The van der Waals surface area contributed by atoms with Crippen LogP contribution in [0.1, 0.15) is 81.1 Å². The standard InChI is InChI=1S/C23H42O5Si/c1-9-21(6,24)16(4)23(8)17(5)22(7,10-2)27-29(28-23,25-11-3)26-20-15-18-12-13-19(20)14-18/h12-13,16-20,24H,9-11,14-15H2,1-8H3. The topological polar surface area (TPSA) is 57.2 Å². The molecular weight excluding hydrogens is 384 g/mol. The van der Waals surface area contributed by atoms with Gasteiger partial charge in [0.2, 0.25) is 0 Å². The first-order valence-electron chi connectivity index (χ1n) is 11.6. The van der Waals surface area contributed by atoms with Crippen molar-refractivity contribution >= 4 is 9.05 Å². The molecule has 5 nitrogen and oxygen atoms in total. The summed E-state index contributed by atoms with van der Waals surface area (Å²) < 4.78 is 26.4. The third-order valence-corrected chi connectivity index (χ3v) is 11.2. The van der Waals surface area contributed by atoms with E-state index in [0.717, 1.165) is 19.3 Å². The van der Waals surface area contributed by atoms with Gasteiger partial charge < -0.3 is 22.8 Å². The zero-order valence-corrected chi connectivity index (χ0v) is 20.7. The van der Waals surface area contributed by atoms with Crippen molar-refractivity contribution in [3.63, 3.8) is 0 Å². The molecule has 29 heavy (non-hydrogen) atoms. The number of hydrogen-bond donors (Lipinski definition) is 1. The molecular formula is C23H42O5Si. The maximum Gasteiger partial charge on any atom is 0.680 e. The Hall–Kier alpha value is -0.243.